The number of halogens is 1. The van der Waals surface area contributed by atoms with Gasteiger partial charge in [-0.3, -0.25) is 4.68 Å². The third kappa shape index (κ3) is 2.86. The molecule has 10 heteroatoms. The molecule has 0 aliphatic carbocycles. The van der Waals surface area contributed by atoms with Crippen LogP contribution in [-0.2, 0) is 7.05 Å². The second-order valence-electron chi connectivity index (χ2n) is 7.51. The molecule has 160 valence electrons. The Morgan fingerprint density at radius 3 is 2.81 bits per heavy atom. The standard InChI is InChI=1S/C22H19FN8O/c1-12-15-9-14(23)4-5-16(15)31-19(6-7-27-31)29(2)22-20(17(10-24)30(3)28-22)13-8-18(32-12)21(25)26-11-13/h4-9,11-12H,1-3H3,(H2,25,26)/t12-/m1/s1. The Balaban J connectivity index is 1.87. The summed E-state index contributed by atoms with van der Waals surface area (Å²) in [5.74, 6) is 1.33. The van der Waals surface area contributed by atoms with Crippen LogP contribution in [0.2, 0.25) is 0 Å². The van der Waals surface area contributed by atoms with Crippen molar-refractivity contribution in [2.24, 2.45) is 7.05 Å². The van der Waals surface area contributed by atoms with Crippen LogP contribution in [0.3, 0.4) is 0 Å². The summed E-state index contributed by atoms with van der Waals surface area (Å²) in [5.41, 5.74) is 8.90. The molecular weight excluding hydrogens is 411 g/mol. The van der Waals surface area contributed by atoms with Gasteiger partial charge in [-0.1, -0.05) is 0 Å². The van der Waals surface area contributed by atoms with E-state index in [1.165, 1.54) is 16.8 Å². The van der Waals surface area contributed by atoms with Gasteiger partial charge in [0.15, 0.2) is 17.4 Å². The number of hydrogen-bond donors (Lipinski definition) is 1. The highest BCUT2D eigenvalue weighted by atomic mass is 19.1. The number of benzene rings is 1. The quantitative estimate of drug-likeness (QED) is 0.455. The van der Waals surface area contributed by atoms with Crippen LogP contribution >= 0.6 is 0 Å². The SMILES string of the molecule is C[C@H]1Oc2cc(cnc2N)-c2c(nn(C)c2C#N)N(C)c2ccnn2-c2ccc(F)cc21. The van der Waals surface area contributed by atoms with E-state index < -0.39 is 6.10 Å². The normalized spacial score (nSPS) is 14.8. The molecule has 1 aromatic carbocycles. The van der Waals surface area contributed by atoms with Crippen LogP contribution in [0.4, 0.5) is 21.8 Å². The van der Waals surface area contributed by atoms with Crippen molar-refractivity contribution in [1.29, 1.82) is 5.26 Å². The highest BCUT2D eigenvalue weighted by molar-refractivity contribution is 5.84. The Morgan fingerprint density at radius 1 is 1.22 bits per heavy atom. The molecule has 4 heterocycles. The van der Waals surface area contributed by atoms with E-state index in [0.29, 0.717) is 45.5 Å². The molecule has 1 aliphatic rings. The molecule has 4 aromatic rings. The van der Waals surface area contributed by atoms with Gasteiger partial charge >= 0.3 is 0 Å². The lowest BCUT2D eigenvalue weighted by Crippen LogP contribution is -2.18. The lowest BCUT2D eigenvalue weighted by molar-refractivity contribution is 0.227. The molecule has 2 N–H and O–H groups in total. The van der Waals surface area contributed by atoms with Crippen molar-refractivity contribution in [3.8, 4) is 28.6 Å². The second-order valence-corrected chi connectivity index (χ2v) is 7.51. The number of ether oxygens (including phenoxy) is 1. The van der Waals surface area contributed by atoms with Crippen molar-refractivity contribution in [3.05, 3.63) is 59.8 Å². The molecule has 1 atom stereocenters. The molecule has 0 fully saturated rings. The lowest BCUT2D eigenvalue weighted by Gasteiger charge is -2.24. The Kier molecular flexibility index (Phi) is 4.34. The molecular formula is C22H19FN8O. The molecule has 0 saturated heterocycles. The number of nitrogens with zero attached hydrogens (tertiary/aromatic N) is 7. The minimum Gasteiger partial charge on any atom is -0.482 e. The summed E-state index contributed by atoms with van der Waals surface area (Å²) in [7, 11) is 3.54. The fourth-order valence-corrected chi connectivity index (χ4v) is 3.97. The largest absolute Gasteiger partial charge is 0.482 e. The van der Waals surface area contributed by atoms with Crippen LogP contribution in [0.25, 0.3) is 16.8 Å². The zero-order valence-corrected chi connectivity index (χ0v) is 17.6. The Labute approximate surface area is 183 Å². The van der Waals surface area contributed by atoms with Gasteiger partial charge in [0.25, 0.3) is 0 Å². The van der Waals surface area contributed by atoms with Crippen LogP contribution in [0.15, 0.2) is 42.7 Å². The highest BCUT2D eigenvalue weighted by Gasteiger charge is 2.27. The fourth-order valence-electron chi connectivity index (χ4n) is 3.97. The molecule has 9 nitrogen and oxygen atoms in total. The first-order chi connectivity index (χ1) is 15.4. The summed E-state index contributed by atoms with van der Waals surface area (Å²) in [6.45, 7) is 1.80. The molecule has 0 radical (unpaired) electrons. The van der Waals surface area contributed by atoms with Crippen molar-refractivity contribution in [2.45, 2.75) is 13.0 Å². The van der Waals surface area contributed by atoms with E-state index in [2.05, 4.69) is 21.3 Å². The van der Waals surface area contributed by atoms with Gasteiger partial charge in [-0.15, -0.1) is 0 Å². The first kappa shape index (κ1) is 19.6. The van der Waals surface area contributed by atoms with Gasteiger partial charge in [-0.2, -0.15) is 15.5 Å². The van der Waals surface area contributed by atoms with Crippen molar-refractivity contribution >= 4 is 17.5 Å². The average Bonchev–Trinajstić information content (AvgIpc) is 3.38. The van der Waals surface area contributed by atoms with Crippen LogP contribution in [0.1, 0.15) is 24.3 Å². The van der Waals surface area contributed by atoms with E-state index in [1.54, 1.807) is 43.2 Å². The summed E-state index contributed by atoms with van der Waals surface area (Å²) in [6, 6.07) is 10.2. The van der Waals surface area contributed by atoms with Crippen LogP contribution in [-0.4, -0.2) is 31.6 Å². The molecule has 3 aromatic heterocycles. The Bertz CT molecular complexity index is 1400. The number of aromatic nitrogens is 5. The lowest BCUT2D eigenvalue weighted by atomic mass is 10.1. The molecule has 0 spiro atoms. The van der Waals surface area contributed by atoms with Crippen LogP contribution in [0, 0.1) is 17.1 Å². The maximum absolute atomic E-state index is 14.2. The van der Waals surface area contributed by atoms with Crippen molar-refractivity contribution < 1.29 is 9.13 Å². The van der Waals surface area contributed by atoms with Gasteiger partial charge in [0.05, 0.1) is 17.4 Å². The molecule has 5 rings (SSSR count). The molecule has 32 heavy (non-hydrogen) atoms. The van der Waals surface area contributed by atoms with Gasteiger partial charge < -0.3 is 15.4 Å². The van der Waals surface area contributed by atoms with E-state index >= 15 is 0 Å². The number of nitrogen functional groups attached to an aromatic ring is 1. The van der Waals surface area contributed by atoms with Gasteiger partial charge in [0.1, 0.15) is 29.5 Å². The molecule has 0 saturated carbocycles. The molecule has 2 bridgehead atoms. The van der Waals surface area contributed by atoms with Crippen molar-refractivity contribution in [2.75, 3.05) is 17.7 Å². The molecule has 0 amide bonds. The van der Waals surface area contributed by atoms with E-state index in [4.69, 9.17) is 10.5 Å². The van der Waals surface area contributed by atoms with E-state index in [0.717, 1.165) is 0 Å². The van der Waals surface area contributed by atoms with Gasteiger partial charge in [-0.25, -0.2) is 14.1 Å². The fraction of sp³-hybridized carbons (Fsp3) is 0.182. The minimum atomic E-state index is -0.564. The maximum atomic E-state index is 14.2. The second kappa shape index (κ2) is 7.09. The zero-order chi connectivity index (χ0) is 22.6. The maximum Gasteiger partial charge on any atom is 0.166 e. The van der Waals surface area contributed by atoms with Crippen molar-refractivity contribution in [3.63, 3.8) is 0 Å². The summed E-state index contributed by atoms with van der Waals surface area (Å²) >= 11 is 0. The first-order valence-corrected chi connectivity index (χ1v) is 9.86. The summed E-state index contributed by atoms with van der Waals surface area (Å²) in [6.07, 6.45) is 2.67. The molecule has 0 unspecified atom stereocenters. The van der Waals surface area contributed by atoms with E-state index in [-0.39, 0.29) is 11.6 Å². The van der Waals surface area contributed by atoms with Gasteiger partial charge in [-0.05, 0) is 31.2 Å². The third-order valence-electron chi connectivity index (χ3n) is 5.55. The number of nitriles is 1. The predicted octanol–water partition coefficient (Wildman–Crippen LogP) is 3.48. The summed E-state index contributed by atoms with van der Waals surface area (Å²) in [5, 5.41) is 18.9. The number of rotatable bonds is 0. The molecule has 1 aliphatic heterocycles. The Morgan fingerprint density at radius 2 is 2.03 bits per heavy atom. The monoisotopic (exact) mass is 430 g/mol. The van der Waals surface area contributed by atoms with Gasteiger partial charge in [0.2, 0.25) is 0 Å². The number of hydrogen-bond acceptors (Lipinski definition) is 7. The predicted molar refractivity (Wildman–Crippen MR) is 116 cm³/mol. The first-order valence-electron chi connectivity index (χ1n) is 9.86. The third-order valence-corrected chi connectivity index (χ3v) is 5.55. The Hall–Kier alpha value is -4.39. The van der Waals surface area contributed by atoms with Crippen LogP contribution in [0.5, 0.6) is 5.75 Å². The minimum absolute atomic E-state index is 0.188. The highest BCUT2D eigenvalue weighted by Crippen LogP contribution is 2.40. The van der Waals surface area contributed by atoms with E-state index in [9.17, 15) is 9.65 Å². The number of anilines is 3. The average molecular weight is 430 g/mol. The number of pyridine rings is 1. The summed E-state index contributed by atoms with van der Waals surface area (Å²) in [4.78, 5) is 6.11. The van der Waals surface area contributed by atoms with Crippen molar-refractivity contribution in [1.82, 2.24) is 24.5 Å². The number of aryl methyl sites for hydroxylation is 1. The topological polar surface area (TPSA) is 111 Å². The zero-order valence-electron chi connectivity index (χ0n) is 17.6. The number of nitrogens with two attached hydrogens (primary N) is 1. The van der Waals surface area contributed by atoms with E-state index in [1.807, 2.05) is 18.0 Å². The van der Waals surface area contributed by atoms with Crippen LogP contribution < -0.4 is 15.4 Å². The number of fused-ring (bicyclic) bond motifs is 7. The smallest absolute Gasteiger partial charge is 0.166 e. The van der Waals surface area contributed by atoms with Gasteiger partial charge in [0, 0.05) is 37.5 Å². The summed E-state index contributed by atoms with van der Waals surface area (Å²) < 4.78 is 23.6.